The minimum atomic E-state index is -0.342. The molecule has 0 aliphatic heterocycles. The molecule has 0 spiro atoms. The first kappa shape index (κ1) is 12.7. The van der Waals surface area contributed by atoms with Crippen LogP contribution < -0.4 is 0 Å². The van der Waals surface area contributed by atoms with Crippen molar-refractivity contribution >= 4 is 11.9 Å². The number of esters is 2. The largest absolute Gasteiger partial charge is 0.469 e. The number of allylic oxidation sites excluding steroid dienone is 1. The van der Waals surface area contributed by atoms with Crippen LogP contribution in [0.3, 0.4) is 0 Å². The van der Waals surface area contributed by atoms with Crippen molar-refractivity contribution in [2.75, 3.05) is 13.7 Å². The first-order chi connectivity index (χ1) is 6.70. The van der Waals surface area contributed by atoms with Crippen LogP contribution in [0, 0.1) is 0 Å². The van der Waals surface area contributed by atoms with Gasteiger partial charge in [0.1, 0.15) is 0 Å². The third-order valence-corrected chi connectivity index (χ3v) is 1.52. The van der Waals surface area contributed by atoms with Crippen LogP contribution in [0.25, 0.3) is 0 Å². The second-order valence-corrected chi connectivity index (χ2v) is 2.62. The van der Waals surface area contributed by atoms with E-state index in [2.05, 4.69) is 9.47 Å². The van der Waals surface area contributed by atoms with E-state index in [1.54, 1.807) is 13.0 Å². The predicted octanol–water partition coefficient (Wildman–Crippen LogP) is 1.45. The number of hydrogen-bond donors (Lipinski definition) is 0. The lowest BCUT2D eigenvalue weighted by molar-refractivity contribution is -0.140. The normalized spacial score (nSPS) is 10.1. The molecule has 0 aromatic heterocycles. The van der Waals surface area contributed by atoms with Gasteiger partial charge in [0.05, 0.1) is 13.7 Å². The fraction of sp³-hybridized carbons (Fsp3) is 0.600. The first-order valence-electron chi connectivity index (χ1n) is 4.60. The van der Waals surface area contributed by atoms with E-state index in [1.165, 1.54) is 13.2 Å². The third-order valence-electron chi connectivity index (χ3n) is 1.52. The lowest BCUT2D eigenvalue weighted by Crippen LogP contribution is -2.00. The number of methoxy groups -OCH3 is 1. The number of hydrogen-bond acceptors (Lipinski definition) is 4. The van der Waals surface area contributed by atoms with E-state index in [0.29, 0.717) is 25.9 Å². The van der Waals surface area contributed by atoms with Crippen LogP contribution in [0.2, 0.25) is 0 Å². The zero-order valence-corrected chi connectivity index (χ0v) is 8.62. The second kappa shape index (κ2) is 8.29. The summed E-state index contributed by atoms with van der Waals surface area (Å²) in [6.07, 6.45) is 4.81. The van der Waals surface area contributed by atoms with Gasteiger partial charge in [0.15, 0.2) is 0 Å². The Labute approximate surface area is 83.9 Å². The van der Waals surface area contributed by atoms with Gasteiger partial charge in [-0.05, 0) is 19.8 Å². The summed E-state index contributed by atoms with van der Waals surface area (Å²) in [5.74, 6) is -0.569. The molecule has 0 saturated carbocycles. The molecular formula is C10H16O4. The molecule has 0 saturated heterocycles. The van der Waals surface area contributed by atoms with Crippen molar-refractivity contribution in [3.8, 4) is 0 Å². The van der Waals surface area contributed by atoms with Crippen molar-refractivity contribution in [1.82, 2.24) is 0 Å². The molecule has 0 bridgehead atoms. The number of unbranched alkanes of at least 4 members (excludes halogenated alkanes) is 1. The van der Waals surface area contributed by atoms with Crippen molar-refractivity contribution in [2.45, 2.75) is 26.2 Å². The number of carbonyl (C=O) groups is 2. The summed E-state index contributed by atoms with van der Waals surface area (Å²) in [5.41, 5.74) is 0. The number of carbonyl (C=O) groups excluding carboxylic acids is 2. The Morgan fingerprint density at radius 2 is 2.07 bits per heavy atom. The van der Waals surface area contributed by atoms with Crippen molar-refractivity contribution in [3.05, 3.63) is 12.2 Å². The van der Waals surface area contributed by atoms with E-state index >= 15 is 0 Å². The van der Waals surface area contributed by atoms with Crippen LogP contribution in [-0.4, -0.2) is 25.7 Å². The molecule has 0 fully saturated rings. The average Bonchev–Trinajstić information content (AvgIpc) is 2.17. The standard InChI is InChI=1S/C10H16O4/c1-3-14-10(12)8-6-4-5-7-9(11)13-2/h6,8H,3-5,7H2,1-2H3/b8-6-. The van der Waals surface area contributed by atoms with Crippen molar-refractivity contribution in [2.24, 2.45) is 0 Å². The Bertz CT molecular complexity index is 208. The highest BCUT2D eigenvalue weighted by molar-refractivity contribution is 5.81. The van der Waals surface area contributed by atoms with Crippen LogP contribution in [0.4, 0.5) is 0 Å². The van der Waals surface area contributed by atoms with Gasteiger partial charge in [0.2, 0.25) is 0 Å². The van der Waals surface area contributed by atoms with Crippen molar-refractivity contribution in [3.63, 3.8) is 0 Å². The molecule has 4 nitrogen and oxygen atoms in total. The molecule has 14 heavy (non-hydrogen) atoms. The summed E-state index contributed by atoms with van der Waals surface area (Å²) < 4.78 is 9.14. The van der Waals surface area contributed by atoms with E-state index in [9.17, 15) is 9.59 Å². The highest BCUT2D eigenvalue weighted by Gasteiger charge is 1.97. The first-order valence-corrected chi connectivity index (χ1v) is 4.60. The maximum atomic E-state index is 10.8. The molecule has 0 aromatic rings. The van der Waals surface area contributed by atoms with Crippen LogP contribution in [0.15, 0.2) is 12.2 Å². The van der Waals surface area contributed by atoms with E-state index in [1.807, 2.05) is 0 Å². The van der Waals surface area contributed by atoms with Crippen LogP contribution >= 0.6 is 0 Å². The van der Waals surface area contributed by atoms with Crippen LogP contribution in [-0.2, 0) is 19.1 Å². The van der Waals surface area contributed by atoms with Gasteiger partial charge in [0, 0.05) is 12.5 Å². The predicted molar refractivity (Wildman–Crippen MR) is 51.6 cm³/mol. The maximum absolute atomic E-state index is 10.8. The van der Waals surface area contributed by atoms with Crippen LogP contribution in [0.1, 0.15) is 26.2 Å². The Morgan fingerprint density at radius 1 is 1.36 bits per heavy atom. The molecule has 0 heterocycles. The van der Waals surface area contributed by atoms with Gasteiger partial charge >= 0.3 is 11.9 Å². The quantitative estimate of drug-likeness (QED) is 0.370. The minimum absolute atomic E-state index is 0.227. The summed E-state index contributed by atoms with van der Waals surface area (Å²) >= 11 is 0. The highest BCUT2D eigenvalue weighted by Crippen LogP contribution is 1.98. The Morgan fingerprint density at radius 3 is 2.64 bits per heavy atom. The number of ether oxygens (including phenoxy) is 2. The molecule has 80 valence electrons. The summed E-state index contributed by atoms with van der Waals surface area (Å²) in [7, 11) is 1.36. The minimum Gasteiger partial charge on any atom is -0.469 e. The Hall–Kier alpha value is -1.32. The second-order valence-electron chi connectivity index (χ2n) is 2.62. The fourth-order valence-electron chi connectivity index (χ4n) is 0.836. The van der Waals surface area contributed by atoms with Crippen molar-refractivity contribution in [1.29, 1.82) is 0 Å². The summed E-state index contributed by atoms with van der Waals surface area (Å²) in [6.45, 7) is 2.13. The van der Waals surface area contributed by atoms with Gasteiger partial charge in [-0.3, -0.25) is 4.79 Å². The van der Waals surface area contributed by atoms with Gasteiger partial charge in [-0.25, -0.2) is 4.79 Å². The molecule has 0 unspecified atom stereocenters. The molecule has 4 heteroatoms. The Kier molecular flexibility index (Phi) is 7.50. The molecule has 0 amide bonds. The summed E-state index contributed by atoms with van der Waals surface area (Å²) in [5, 5.41) is 0. The van der Waals surface area contributed by atoms with Crippen LogP contribution in [0.5, 0.6) is 0 Å². The molecule has 0 aliphatic carbocycles. The molecule has 0 N–H and O–H groups in total. The van der Waals surface area contributed by atoms with E-state index in [-0.39, 0.29) is 11.9 Å². The van der Waals surface area contributed by atoms with Crippen molar-refractivity contribution < 1.29 is 19.1 Å². The molecular weight excluding hydrogens is 184 g/mol. The SMILES string of the molecule is CCOC(=O)/C=C\CCCC(=O)OC. The zero-order valence-electron chi connectivity index (χ0n) is 8.62. The smallest absolute Gasteiger partial charge is 0.330 e. The van der Waals surface area contributed by atoms with Gasteiger partial charge < -0.3 is 9.47 Å². The monoisotopic (exact) mass is 200 g/mol. The maximum Gasteiger partial charge on any atom is 0.330 e. The average molecular weight is 200 g/mol. The number of rotatable bonds is 6. The van der Waals surface area contributed by atoms with Gasteiger partial charge in [0.25, 0.3) is 0 Å². The lowest BCUT2D eigenvalue weighted by Gasteiger charge is -1.96. The summed E-state index contributed by atoms with van der Waals surface area (Å²) in [6, 6.07) is 0. The summed E-state index contributed by atoms with van der Waals surface area (Å²) in [4.78, 5) is 21.5. The van der Waals surface area contributed by atoms with Gasteiger partial charge in [-0.15, -0.1) is 0 Å². The van der Waals surface area contributed by atoms with E-state index in [4.69, 9.17) is 0 Å². The van der Waals surface area contributed by atoms with Gasteiger partial charge in [-0.1, -0.05) is 6.08 Å². The van der Waals surface area contributed by atoms with E-state index < -0.39 is 0 Å². The lowest BCUT2D eigenvalue weighted by atomic mass is 10.2. The van der Waals surface area contributed by atoms with E-state index in [0.717, 1.165) is 0 Å². The molecule has 0 atom stereocenters. The molecule has 0 aromatic carbocycles. The zero-order chi connectivity index (χ0) is 10.8. The molecule has 0 rings (SSSR count). The molecule has 0 aliphatic rings. The highest BCUT2D eigenvalue weighted by atomic mass is 16.5. The Balaban J connectivity index is 3.44. The third kappa shape index (κ3) is 7.34. The van der Waals surface area contributed by atoms with Gasteiger partial charge in [-0.2, -0.15) is 0 Å². The molecule has 0 radical (unpaired) electrons. The fourth-order valence-corrected chi connectivity index (χ4v) is 0.836. The topological polar surface area (TPSA) is 52.6 Å².